The number of nitrogens with one attached hydrogen (secondary N) is 1. The topological polar surface area (TPSA) is 41.6 Å². The molecule has 4 nitrogen and oxygen atoms in total. The summed E-state index contributed by atoms with van der Waals surface area (Å²) in [4.78, 5) is 13.6. The third-order valence-corrected chi connectivity index (χ3v) is 4.00. The number of carbonyl (C=O) groups is 1. The van der Waals surface area contributed by atoms with Crippen molar-refractivity contribution in [3.05, 3.63) is 42.2 Å². The summed E-state index contributed by atoms with van der Waals surface area (Å²) >= 11 is 0. The van der Waals surface area contributed by atoms with Crippen molar-refractivity contribution in [2.75, 3.05) is 31.6 Å². The lowest BCUT2D eigenvalue weighted by atomic mass is 9.96. The Kier molecular flexibility index (Phi) is 5.95. The normalized spacial score (nSPS) is 15.6. The average Bonchev–Trinajstić information content (AvgIpc) is 2.56. The fraction of sp³-hybridized carbons (Fsp3) is 0.471. The Bertz CT molecular complexity index is 525. The van der Waals surface area contributed by atoms with Gasteiger partial charge < -0.3 is 15.0 Å². The SMILES string of the molecule is C=CCNCc1ccc(F)c(N2CCC(C(=O)OC)CC2)c1. The summed E-state index contributed by atoms with van der Waals surface area (Å²) in [5.74, 6) is -0.451. The molecule has 1 aromatic rings. The van der Waals surface area contributed by atoms with E-state index in [4.69, 9.17) is 4.74 Å². The number of ether oxygens (including phenoxy) is 1. The minimum Gasteiger partial charge on any atom is -0.469 e. The Morgan fingerprint density at radius 1 is 1.50 bits per heavy atom. The van der Waals surface area contributed by atoms with Gasteiger partial charge in [-0.05, 0) is 30.5 Å². The summed E-state index contributed by atoms with van der Waals surface area (Å²) in [6.45, 7) is 6.39. The molecule has 0 bridgehead atoms. The van der Waals surface area contributed by atoms with E-state index >= 15 is 0 Å². The second kappa shape index (κ2) is 7.94. The molecular formula is C17H23FN2O2. The lowest BCUT2D eigenvalue weighted by Crippen LogP contribution is -2.37. The van der Waals surface area contributed by atoms with Crippen LogP contribution in [-0.4, -0.2) is 32.7 Å². The third kappa shape index (κ3) is 4.07. The van der Waals surface area contributed by atoms with E-state index in [-0.39, 0.29) is 17.7 Å². The van der Waals surface area contributed by atoms with E-state index in [2.05, 4.69) is 11.9 Å². The molecular weight excluding hydrogens is 283 g/mol. The molecule has 0 aliphatic carbocycles. The second-order valence-corrected chi connectivity index (χ2v) is 5.49. The molecule has 0 saturated carbocycles. The monoisotopic (exact) mass is 306 g/mol. The Labute approximate surface area is 131 Å². The van der Waals surface area contributed by atoms with Gasteiger partial charge in [0, 0.05) is 26.2 Å². The maximum absolute atomic E-state index is 14.1. The van der Waals surface area contributed by atoms with Gasteiger partial charge in [-0.3, -0.25) is 4.79 Å². The van der Waals surface area contributed by atoms with Crippen molar-refractivity contribution in [3.63, 3.8) is 0 Å². The van der Waals surface area contributed by atoms with Crippen LogP contribution in [0.2, 0.25) is 0 Å². The van der Waals surface area contributed by atoms with E-state index in [1.807, 2.05) is 11.0 Å². The van der Waals surface area contributed by atoms with Crippen LogP contribution in [-0.2, 0) is 16.1 Å². The molecule has 2 rings (SSSR count). The van der Waals surface area contributed by atoms with Crippen LogP contribution in [0.4, 0.5) is 10.1 Å². The fourth-order valence-corrected chi connectivity index (χ4v) is 2.75. The molecule has 120 valence electrons. The Morgan fingerprint density at radius 2 is 2.23 bits per heavy atom. The fourth-order valence-electron chi connectivity index (χ4n) is 2.75. The van der Waals surface area contributed by atoms with E-state index in [0.717, 1.165) is 12.1 Å². The quantitative estimate of drug-likeness (QED) is 0.498. The molecule has 0 aromatic heterocycles. The van der Waals surface area contributed by atoms with Gasteiger partial charge >= 0.3 is 5.97 Å². The predicted molar refractivity (Wildman–Crippen MR) is 85.3 cm³/mol. The standard InChI is InChI=1S/C17H23FN2O2/c1-3-8-19-12-13-4-5-15(18)16(11-13)20-9-6-14(7-10-20)17(21)22-2/h3-5,11,14,19H,1,6-10,12H2,2H3. The van der Waals surface area contributed by atoms with Crippen molar-refractivity contribution >= 4 is 11.7 Å². The molecule has 22 heavy (non-hydrogen) atoms. The maximum Gasteiger partial charge on any atom is 0.308 e. The summed E-state index contributed by atoms with van der Waals surface area (Å²) in [7, 11) is 1.41. The Balaban J connectivity index is 2.01. The van der Waals surface area contributed by atoms with Crippen LogP contribution in [0, 0.1) is 11.7 Å². The van der Waals surface area contributed by atoms with Crippen LogP contribution in [0.5, 0.6) is 0 Å². The minimum atomic E-state index is -0.219. The van der Waals surface area contributed by atoms with Crippen molar-refractivity contribution in [1.29, 1.82) is 0 Å². The van der Waals surface area contributed by atoms with E-state index in [9.17, 15) is 9.18 Å². The van der Waals surface area contributed by atoms with Crippen molar-refractivity contribution in [3.8, 4) is 0 Å². The van der Waals surface area contributed by atoms with Gasteiger partial charge in [0.2, 0.25) is 0 Å². The highest BCUT2D eigenvalue weighted by Crippen LogP contribution is 2.27. The Hall–Kier alpha value is -1.88. The number of esters is 1. The number of anilines is 1. The molecule has 1 aliphatic heterocycles. The first-order valence-electron chi connectivity index (χ1n) is 7.58. The number of nitrogens with zero attached hydrogens (tertiary/aromatic N) is 1. The summed E-state index contributed by atoms with van der Waals surface area (Å²) in [5.41, 5.74) is 1.65. The smallest absolute Gasteiger partial charge is 0.308 e. The summed E-state index contributed by atoms with van der Waals surface area (Å²) < 4.78 is 18.9. The minimum absolute atomic E-state index is 0.0678. The number of halogens is 1. The highest BCUT2D eigenvalue weighted by atomic mass is 19.1. The van der Waals surface area contributed by atoms with E-state index in [1.54, 1.807) is 12.1 Å². The molecule has 0 atom stereocenters. The molecule has 1 saturated heterocycles. The number of carbonyl (C=O) groups excluding carboxylic acids is 1. The van der Waals surface area contributed by atoms with Crippen LogP contribution in [0.3, 0.4) is 0 Å². The lowest BCUT2D eigenvalue weighted by Gasteiger charge is -2.32. The number of benzene rings is 1. The largest absolute Gasteiger partial charge is 0.469 e. The van der Waals surface area contributed by atoms with Crippen molar-refractivity contribution in [2.45, 2.75) is 19.4 Å². The molecule has 0 unspecified atom stereocenters. The molecule has 1 N–H and O–H groups in total. The van der Waals surface area contributed by atoms with Gasteiger partial charge in [-0.1, -0.05) is 12.1 Å². The number of hydrogen-bond donors (Lipinski definition) is 1. The highest BCUT2D eigenvalue weighted by Gasteiger charge is 2.26. The number of hydrogen-bond acceptors (Lipinski definition) is 4. The van der Waals surface area contributed by atoms with Gasteiger partial charge in [0.15, 0.2) is 0 Å². The van der Waals surface area contributed by atoms with E-state index in [0.29, 0.717) is 38.2 Å². The van der Waals surface area contributed by atoms with Crippen LogP contribution in [0.1, 0.15) is 18.4 Å². The zero-order valence-corrected chi connectivity index (χ0v) is 13.0. The van der Waals surface area contributed by atoms with Crippen molar-refractivity contribution < 1.29 is 13.9 Å². The van der Waals surface area contributed by atoms with Crippen molar-refractivity contribution in [1.82, 2.24) is 5.32 Å². The molecule has 0 spiro atoms. The average molecular weight is 306 g/mol. The van der Waals surface area contributed by atoms with Crippen LogP contribution >= 0.6 is 0 Å². The van der Waals surface area contributed by atoms with Crippen LogP contribution < -0.4 is 10.2 Å². The highest BCUT2D eigenvalue weighted by molar-refractivity contribution is 5.72. The molecule has 1 aliphatic rings. The lowest BCUT2D eigenvalue weighted by molar-refractivity contribution is -0.146. The predicted octanol–water partition coefficient (Wildman–Crippen LogP) is 2.49. The van der Waals surface area contributed by atoms with Gasteiger partial charge in [-0.15, -0.1) is 6.58 Å². The molecule has 1 aromatic carbocycles. The van der Waals surface area contributed by atoms with Crippen LogP contribution in [0.15, 0.2) is 30.9 Å². The third-order valence-electron chi connectivity index (χ3n) is 4.00. The summed E-state index contributed by atoms with van der Waals surface area (Å²) in [6, 6.07) is 5.17. The molecule has 0 amide bonds. The number of rotatable bonds is 6. The molecule has 0 radical (unpaired) electrons. The zero-order chi connectivity index (χ0) is 15.9. The van der Waals surface area contributed by atoms with Crippen molar-refractivity contribution in [2.24, 2.45) is 5.92 Å². The van der Waals surface area contributed by atoms with Gasteiger partial charge in [-0.25, -0.2) is 4.39 Å². The zero-order valence-electron chi connectivity index (χ0n) is 13.0. The molecule has 5 heteroatoms. The first kappa shape index (κ1) is 16.5. The van der Waals surface area contributed by atoms with Crippen LogP contribution in [0.25, 0.3) is 0 Å². The summed E-state index contributed by atoms with van der Waals surface area (Å²) in [6.07, 6.45) is 3.19. The first-order chi connectivity index (χ1) is 10.7. The number of methoxy groups -OCH3 is 1. The number of piperidine rings is 1. The van der Waals surface area contributed by atoms with Gasteiger partial charge in [-0.2, -0.15) is 0 Å². The van der Waals surface area contributed by atoms with Gasteiger partial charge in [0.1, 0.15) is 5.82 Å². The van der Waals surface area contributed by atoms with E-state index in [1.165, 1.54) is 13.2 Å². The Morgan fingerprint density at radius 3 is 2.86 bits per heavy atom. The second-order valence-electron chi connectivity index (χ2n) is 5.49. The van der Waals surface area contributed by atoms with E-state index < -0.39 is 0 Å². The van der Waals surface area contributed by atoms with Gasteiger partial charge in [0.05, 0.1) is 18.7 Å². The molecule has 1 fully saturated rings. The maximum atomic E-state index is 14.1. The summed E-state index contributed by atoms with van der Waals surface area (Å²) in [5, 5.41) is 3.21. The first-order valence-corrected chi connectivity index (χ1v) is 7.58. The molecule has 1 heterocycles. The van der Waals surface area contributed by atoms with Gasteiger partial charge in [0.25, 0.3) is 0 Å².